The molecule has 0 aromatic heterocycles. The molecule has 1 heterocycles. The summed E-state index contributed by atoms with van der Waals surface area (Å²) in [5.41, 5.74) is 5.56. The molecule has 0 aliphatic carbocycles. The van der Waals surface area contributed by atoms with E-state index in [1.165, 1.54) is 0 Å². The third kappa shape index (κ3) is 5.11. The first-order valence-corrected chi connectivity index (χ1v) is 10.00. The standard InChI is InChI=1S/C20H21ClN4OS/c1-3-16-12-22-20(27-16)23-15-10-8-14(9-11-15)13(2)24-25-19(26)17-6-4-5-7-18(17)21/h4-11,16H,3,12H2,1-2H3,(H,22,23)(H,25,26)/b24-13-/t16-/m1/s1. The second-order valence-electron chi connectivity index (χ2n) is 6.11. The molecule has 1 aliphatic heterocycles. The van der Waals surface area contributed by atoms with Crippen LogP contribution in [-0.2, 0) is 0 Å². The number of rotatable bonds is 5. The van der Waals surface area contributed by atoms with Gasteiger partial charge < -0.3 is 5.32 Å². The molecule has 0 saturated heterocycles. The molecule has 2 aromatic rings. The SMILES string of the molecule is CC[C@@H]1CN=C(Nc2ccc(/C(C)=N\NC(=O)c3ccccc3Cl)cc2)S1. The summed E-state index contributed by atoms with van der Waals surface area (Å²) in [6.45, 7) is 4.90. The molecule has 27 heavy (non-hydrogen) atoms. The summed E-state index contributed by atoms with van der Waals surface area (Å²) in [6.07, 6.45) is 1.12. The summed E-state index contributed by atoms with van der Waals surface area (Å²) in [7, 11) is 0. The van der Waals surface area contributed by atoms with Gasteiger partial charge in [-0.05, 0) is 43.2 Å². The van der Waals surface area contributed by atoms with E-state index in [1.54, 1.807) is 36.0 Å². The van der Waals surface area contributed by atoms with Crippen LogP contribution in [-0.4, -0.2) is 28.6 Å². The van der Waals surface area contributed by atoms with Gasteiger partial charge in [0.15, 0.2) is 5.17 Å². The fourth-order valence-electron chi connectivity index (χ4n) is 2.52. The maximum absolute atomic E-state index is 12.2. The Kier molecular flexibility index (Phi) is 6.53. The number of hydrazone groups is 1. The van der Waals surface area contributed by atoms with Gasteiger partial charge in [0.2, 0.25) is 0 Å². The van der Waals surface area contributed by atoms with E-state index in [9.17, 15) is 4.79 Å². The Morgan fingerprint density at radius 2 is 2.00 bits per heavy atom. The van der Waals surface area contributed by atoms with Gasteiger partial charge in [-0.3, -0.25) is 9.79 Å². The van der Waals surface area contributed by atoms with Crippen molar-refractivity contribution in [3.8, 4) is 0 Å². The van der Waals surface area contributed by atoms with Gasteiger partial charge in [0.05, 0.1) is 22.8 Å². The molecule has 1 amide bonds. The van der Waals surface area contributed by atoms with E-state index >= 15 is 0 Å². The normalized spacial score (nSPS) is 16.8. The minimum atomic E-state index is -0.333. The second kappa shape index (κ2) is 9.06. The average Bonchev–Trinajstić information content (AvgIpc) is 3.14. The van der Waals surface area contributed by atoms with Gasteiger partial charge in [0.25, 0.3) is 5.91 Å². The van der Waals surface area contributed by atoms with Crippen LogP contribution in [0.5, 0.6) is 0 Å². The zero-order valence-electron chi connectivity index (χ0n) is 15.2. The van der Waals surface area contributed by atoms with E-state index in [1.807, 2.05) is 31.2 Å². The van der Waals surface area contributed by atoms with Crippen LogP contribution in [0.3, 0.4) is 0 Å². The molecule has 2 aromatic carbocycles. The first-order valence-electron chi connectivity index (χ1n) is 8.74. The first-order chi connectivity index (χ1) is 13.1. The maximum atomic E-state index is 12.2. The van der Waals surface area contributed by atoms with E-state index < -0.39 is 0 Å². The molecular formula is C20H21ClN4OS. The van der Waals surface area contributed by atoms with Gasteiger partial charge in [-0.15, -0.1) is 0 Å². The number of thioether (sulfide) groups is 1. The number of halogens is 1. The Balaban J connectivity index is 1.60. The van der Waals surface area contributed by atoms with Crippen LogP contribution in [0.25, 0.3) is 0 Å². The molecule has 7 heteroatoms. The number of carbonyl (C=O) groups excluding carboxylic acids is 1. The smallest absolute Gasteiger partial charge is 0.272 e. The van der Waals surface area contributed by atoms with Crippen LogP contribution >= 0.6 is 23.4 Å². The number of hydrogen-bond donors (Lipinski definition) is 2. The van der Waals surface area contributed by atoms with Crippen LogP contribution in [0.4, 0.5) is 5.69 Å². The van der Waals surface area contributed by atoms with Gasteiger partial charge in [-0.2, -0.15) is 5.10 Å². The van der Waals surface area contributed by atoms with Crippen LogP contribution in [0.2, 0.25) is 5.02 Å². The van der Waals surface area contributed by atoms with Gasteiger partial charge in [0, 0.05) is 10.9 Å². The molecule has 5 nitrogen and oxygen atoms in total. The van der Waals surface area contributed by atoms with Crippen molar-refractivity contribution in [3.05, 3.63) is 64.7 Å². The summed E-state index contributed by atoms with van der Waals surface area (Å²) in [4.78, 5) is 16.7. The lowest BCUT2D eigenvalue weighted by atomic mass is 10.1. The second-order valence-corrected chi connectivity index (χ2v) is 7.81. The molecule has 0 unspecified atom stereocenters. The maximum Gasteiger partial charge on any atom is 0.272 e. The molecule has 3 rings (SSSR count). The van der Waals surface area contributed by atoms with E-state index in [2.05, 4.69) is 27.8 Å². The van der Waals surface area contributed by atoms with E-state index in [0.717, 1.165) is 29.4 Å². The molecule has 0 radical (unpaired) electrons. The molecule has 1 atom stereocenters. The van der Waals surface area contributed by atoms with Crippen molar-refractivity contribution >= 4 is 45.8 Å². The van der Waals surface area contributed by atoms with Crippen LogP contribution in [0.15, 0.2) is 58.6 Å². The topological polar surface area (TPSA) is 65.8 Å². The molecule has 0 bridgehead atoms. The van der Waals surface area contributed by atoms with Crippen molar-refractivity contribution in [1.82, 2.24) is 5.43 Å². The predicted octanol–water partition coefficient (Wildman–Crippen LogP) is 4.79. The molecule has 0 saturated carbocycles. The Labute approximate surface area is 168 Å². The Hall–Kier alpha value is -2.31. The quantitative estimate of drug-likeness (QED) is 0.560. The monoisotopic (exact) mass is 400 g/mol. The molecular weight excluding hydrogens is 380 g/mol. The summed E-state index contributed by atoms with van der Waals surface area (Å²) >= 11 is 7.81. The highest BCUT2D eigenvalue weighted by Gasteiger charge is 2.17. The van der Waals surface area contributed by atoms with Crippen molar-refractivity contribution in [2.45, 2.75) is 25.5 Å². The van der Waals surface area contributed by atoms with Crippen LogP contribution in [0, 0.1) is 0 Å². The summed E-state index contributed by atoms with van der Waals surface area (Å²) in [6, 6.07) is 14.8. The number of amides is 1. The van der Waals surface area contributed by atoms with Gasteiger partial charge >= 0.3 is 0 Å². The Morgan fingerprint density at radius 1 is 1.26 bits per heavy atom. The fourth-order valence-corrected chi connectivity index (χ4v) is 3.70. The summed E-state index contributed by atoms with van der Waals surface area (Å²) < 4.78 is 0. The average molecular weight is 401 g/mol. The third-order valence-electron chi connectivity index (χ3n) is 4.17. The van der Waals surface area contributed by atoms with Crippen LogP contribution < -0.4 is 10.7 Å². The largest absolute Gasteiger partial charge is 0.335 e. The number of benzene rings is 2. The minimum Gasteiger partial charge on any atom is -0.335 e. The van der Waals surface area contributed by atoms with Gasteiger partial charge in [-0.25, -0.2) is 5.43 Å². The number of anilines is 1. The molecule has 140 valence electrons. The lowest BCUT2D eigenvalue weighted by molar-refractivity contribution is 0.0955. The van der Waals surface area contributed by atoms with Crippen molar-refractivity contribution < 1.29 is 4.79 Å². The molecule has 0 fully saturated rings. The van der Waals surface area contributed by atoms with E-state index in [4.69, 9.17) is 11.6 Å². The van der Waals surface area contributed by atoms with E-state index in [0.29, 0.717) is 21.5 Å². The fraction of sp³-hybridized carbons (Fsp3) is 0.250. The zero-order valence-corrected chi connectivity index (χ0v) is 16.8. The van der Waals surface area contributed by atoms with Gasteiger partial charge in [0.1, 0.15) is 0 Å². The van der Waals surface area contributed by atoms with Crippen molar-refractivity contribution in [3.63, 3.8) is 0 Å². The number of nitrogens with zero attached hydrogens (tertiary/aromatic N) is 2. The first kappa shape index (κ1) is 19.5. The number of nitrogens with one attached hydrogen (secondary N) is 2. The number of carbonyl (C=O) groups is 1. The Bertz CT molecular complexity index is 880. The zero-order chi connectivity index (χ0) is 19.2. The summed E-state index contributed by atoms with van der Waals surface area (Å²) in [5.74, 6) is -0.333. The molecule has 0 spiro atoms. The lowest BCUT2D eigenvalue weighted by Crippen LogP contribution is -2.19. The lowest BCUT2D eigenvalue weighted by Gasteiger charge is -2.08. The highest BCUT2D eigenvalue weighted by Crippen LogP contribution is 2.24. The van der Waals surface area contributed by atoms with Gasteiger partial charge in [-0.1, -0.05) is 54.6 Å². The van der Waals surface area contributed by atoms with Crippen molar-refractivity contribution in [2.24, 2.45) is 10.1 Å². The number of amidine groups is 1. The molecule has 1 aliphatic rings. The third-order valence-corrected chi connectivity index (χ3v) is 5.77. The number of aliphatic imine (C=N–C) groups is 1. The van der Waals surface area contributed by atoms with Crippen molar-refractivity contribution in [1.29, 1.82) is 0 Å². The summed E-state index contributed by atoms with van der Waals surface area (Å²) in [5, 5.41) is 9.45. The number of hydrogen-bond acceptors (Lipinski definition) is 5. The predicted molar refractivity (Wildman–Crippen MR) is 115 cm³/mol. The Morgan fingerprint density at radius 3 is 2.67 bits per heavy atom. The minimum absolute atomic E-state index is 0.333. The van der Waals surface area contributed by atoms with E-state index in [-0.39, 0.29) is 5.91 Å². The molecule has 2 N–H and O–H groups in total. The van der Waals surface area contributed by atoms with Crippen LogP contribution in [0.1, 0.15) is 36.2 Å². The highest BCUT2D eigenvalue weighted by molar-refractivity contribution is 8.15. The highest BCUT2D eigenvalue weighted by atomic mass is 35.5. The van der Waals surface area contributed by atoms with Crippen molar-refractivity contribution in [2.75, 3.05) is 11.9 Å².